The van der Waals surface area contributed by atoms with Crippen LogP contribution < -0.4 is 10.2 Å². The van der Waals surface area contributed by atoms with Gasteiger partial charge in [0.05, 0.1) is 30.3 Å². The Kier molecular flexibility index (Phi) is 3.52. The van der Waals surface area contributed by atoms with Gasteiger partial charge in [-0.25, -0.2) is 9.97 Å². The number of amides is 1. The second kappa shape index (κ2) is 5.30. The van der Waals surface area contributed by atoms with E-state index >= 15 is 0 Å². The van der Waals surface area contributed by atoms with Crippen LogP contribution in [0.25, 0.3) is 0 Å². The Labute approximate surface area is 116 Å². The minimum atomic E-state index is -0.262. The molecule has 1 aromatic heterocycles. The van der Waals surface area contributed by atoms with Crippen LogP contribution in [0.2, 0.25) is 0 Å². The van der Waals surface area contributed by atoms with E-state index in [4.69, 9.17) is 16.3 Å². The summed E-state index contributed by atoms with van der Waals surface area (Å²) in [4.78, 5) is 21.9. The van der Waals surface area contributed by atoms with Crippen LogP contribution in [-0.4, -0.2) is 47.1 Å². The van der Waals surface area contributed by atoms with Gasteiger partial charge < -0.3 is 15.0 Å². The molecule has 3 rings (SSSR count). The number of carbonyl (C=O) groups is 1. The maximum absolute atomic E-state index is 11.1. The van der Waals surface area contributed by atoms with Crippen LogP contribution in [0, 0.1) is 0 Å². The lowest BCUT2D eigenvalue weighted by Gasteiger charge is -2.32. The molecule has 2 bridgehead atoms. The Morgan fingerprint density at radius 1 is 1.37 bits per heavy atom. The van der Waals surface area contributed by atoms with Gasteiger partial charge in [-0.3, -0.25) is 4.79 Å². The van der Waals surface area contributed by atoms with E-state index in [9.17, 15) is 4.79 Å². The van der Waals surface area contributed by atoms with Gasteiger partial charge in [-0.05, 0) is 12.8 Å². The average molecular weight is 283 g/mol. The van der Waals surface area contributed by atoms with Crippen molar-refractivity contribution in [2.75, 3.05) is 29.2 Å². The number of alkyl halides is 1. The molecule has 2 fully saturated rings. The van der Waals surface area contributed by atoms with Gasteiger partial charge in [0.2, 0.25) is 11.9 Å². The smallest absolute Gasteiger partial charge is 0.239 e. The number of fused-ring (bicyclic) bond motifs is 2. The fraction of sp³-hybridized carbons (Fsp3) is 0.583. The molecule has 0 saturated carbocycles. The molecule has 6 nitrogen and oxygen atoms in total. The van der Waals surface area contributed by atoms with Gasteiger partial charge in [0.15, 0.2) is 0 Å². The lowest BCUT2D eigenvalue weighted by molar-refractivity contribution is -0.113. The van der Waals surface area contributed by atoms with Crippen molar-refractivity contribution >= 4 is 29.1 Å². The van der Waals surface area contributed by atoms with Crippen molar-refractivity contribution < 1.29 is 9.53 Å². The van der Waals surface area contributed by atoms with Crippen molar-refractivity contribution in [3.05, 3.63) is 12.4 Å². The van der Waals surface area contributed by atoms with E-state index in [1.807, 2.05) is 0 Å². The quantitative estimate of drug-likeness (QED) is 0.839. The third-order valence-electron chi connectivity index (χ3n) is 3.37. The van der Waals surface area contributed by atoms with Crippen LogP contribution in [-0.2, 0) is 9.53 Å². The largest absolute Gasteiger partial charge is 0.371 e. The summed E-state index contributed by atoms with van der Waals surface area (Å²) in [5.41, 5.74) is 0.561. The number of anilines is 2. The molecule has 1 amide bonds. The number of morpholine rings is 1. The summed E-state index contributed by atoms with van der Waals surface area (Å²) in [5.74, 6) is 0.348. The summed E-state index contributed by atoms with van der Waals surface area (Å²) in [5, 5.41) is 2.61. The molecule has 1 N–H and O–H groups in total. The SMILES string of the molecule is O=C(CCl)Nc1cnc(N2CC3CCC(C2)O3)nc1. The van der Waals surface area contributed by atoms with Crippen molar-refractivity contribution in [2.24, 2.45) is 0 Å². The molecule has 2 aliphatic rings. The number of nitrogens with zero attached hydrogens (tertiary/aromatic N) is 3. The first-order valence-electron chi connectivity index (χ1n) is 6.33. The van der Waals surface area contributed by atoms with E-state index in [0.717, 1.165) is 25.9 Å². The summed E-state index contributed by atoms with van der Waals surface area (Å²) >= 11 is 5.42. The Balaban J connectivity index is 1.67. The van der Waals surface area contributed by atoms with Crippen LogP contribution in [0.5, 0.6) is 0 Å². The average Bonchev–Trinajstić information content (AvgIpc) is 2.78. The number of halogens is 1. The maximum atomic E-state index is 11.1. The highest BCUT2D eigenvalue weighted by Gasteiger charge is 2.34. The van der Waals surface area contributed by atoms with E-state index in [1.54, 1.807) is 12.4 Å². The lowest BCUT2D eigenvalue weighted by atomic mass is 10.2. The van der Waals surface area contributed by atoms with Crippen LogP contribution in [0.3, 0.4) is 0 Å². The molecule has 102 valence electrons. The van der Waals surface area contributed by atoms with Crippen molar-refractivity contribution in [3.8, 4) is 0 Å². The molecular weight excluding hydrogens is 268 g/mol. The molecule has 1 aromatic rings. The fourth-order valence-electron chi connectivity index (χ4n) is 2.52. The predicted molar refractivity (Wildman–Crippen MR) is 71.5 cm³/mol. The van der Waals surface area contributed by atoms with Gasteiger partial charge in [0.25, 0.3) is 0 Å². The third kappa shape index (κ3) is 2.79. The monoisotopic (exact) mass is 282 g/mol. The summed E-state index contributed by atoms with van der Waals surface area (Å²) in [6.07, 6.45) is 6.04. The molecule has 7 heteroatoms. The van der Waals surface area contributed by atoms with E-state index in [0.29, 0.717) is 23.8 Å². The number of carbonyl (C=O) groups excluding carboxylic acids is 1. The predicted octanol–water partition coefficient (Wildman–Crippen LogP) is 1.02. The minimum absolute atomic E-state index is 0.0748. The number of nitrogens with one attached hydrogen (secondary N) is 1. The zero-order chi connectivity index (χ0) is 13.2. The molecule has 2 aliphatic heterocycles. The Morgan fingerprint density at radius 3 is 2.58 bits per heavy atom. The number of aromatic nitrogens is 2. The summed E-state index contributed by atoms with van der Waals surface area (Å²) in [6, 6.07) is 0. The molecule has 0 radical (unpaired) electrons. The standard InChI is InChI=1S/C12H15ClN4O2/c13-3-11(18)16-8-4-14-12(15-5-8)17-6-9-1-2-10(7-17)19-9/h4-5,9-10H,1-3,6-7H2,(H,16,18). The topological polar surface area (TPSA) is 67.4 Å². The molecule has 19 heavy (non-hydrogen) atoms. The molecule has 2 atom stereocenters. The van der Waals surface area contributed by atoms with Crippen molar-refractivity contribution in [3.63, 3.8) is 0 Å². The van der Waals surface area contributed by atoms with Crippen molar-refractivity contribution in [1.82, 2.24) is 9.97 Å². The molecule has 0 aliphatic carbocycles. The molecule has 0 spiro atoms. The highest BCUT2D eigenvalue weighted by atomic mass is 35.5. The second-order valence-corrected chi connectivity index (χ2v) is 5.08. The molecule has 2 saturated heterocycles. The molecule has 3 heterocycles. The van der Waals surface area contributed by atoms with Gasteiger partial charge in [0.1, 0.15) is 5.88 Å². The summed E-state index contributed by atoms with van der Waals surface area (Å²) in [6.45, 7) is 1.67. The molecular formula is C12H15ClN4O2. The first-order valence-corrected chi connectivity index (χ1v) is 6.86. The number of hydrogen-bond donors (Lipinski definition) is 1. The summed E-state index contributed by atoms with van der Waals surface area (Å²) in [7, 11) is 0. The van der Waals surface area contributed by atoms with E-state index < -0.39 is 0 Å². The first-order chi connectivity index (χ1) is 9.24. The van der Waals surface area contributed by atoms with E-state index in [-0.39, 0.29) is 11.8 Å². The third-order valence-corrected chi connectivity index (χ3v) is 3.61. The maximum Gasteiger partial charge on any atom is 0.239 e. The number of hydrogen-bond acceptors (Lipinski definition) is 5. The van der Waals surface area contributed by atoms with Crippen LogP contribution >= 0.6 is 11.6 Å². The number of ether oxygens (including phenoxy) is 1. The molecule has 0 aromatic carbocycles. The van der Waals surface area contributed by atoms with E-state index in [2.05, 4.69) is 20.2 Å². The van der Waals surface area contributed by atoms with Crippen LogP contribution in [0.15, 0.2) is 12.4 Å². The van der Waals surface area contributed by atoms with Crippen molar-refractivity contribution in [2.45, 2.75) is 25.0 Å². The Bertz CT molecular complexity index is 455. The molecule has 2 unspecified atom stereocenters. The van der Waals surface area contributed by atoms with E-state index in [1.165, 1.54) is 0 Å². The van der Waals surface area contributed by atoms with Gasteiger partial charge in [-0.1, -0.05) is 0 Å². The van der Waals surface area contributed by atoms with Gasteiger partial charge in [0, 0.05) is 13.1 Å². The highest BCUT2D eigenvalue weighted by molar-refractivity contribution is 6.29. The zero-order valence-electron chi connectivity index (χ0n) is 10.4. The zero-order valence-corrected chi connectivity index (χ0v) is 11.1. The second-order valence-electron chi connectivity index (χ2n) is 4.82. The number of rotatable bonds is 3. The van der Waals surface area contributed by atoms with Gasteiger partial charge in [-0.15, -0.1) is 11.6 Å². The Morgan fingerprint density at radius 2 is 2.00 bits per heavy atom. The lowest BCUT2D eigenvalue weighted by Crippen LogP contribution is -2.43. The Hall–Kier alpha value is -1.40. The first kappa shape index (κ1) is 12.6. The van der Waals surface area contributed by atoms with Crippen LogP contribution in [0.4, 0.5) is 11.6 Å². The van der Waals surface area contributed by atoms with Gasteiger partial charge >= 0.3 is 0 Å². The summed E-state index contributed by atoms with van der Waals surface area (Å²) < 4.78 is 5.77. The normalized spacial score (nSPS) is 25.4. The minimum Gasteiger partial charge on any atom is -0.371 e. The fourth-order valence-corrected chi connectivity index (χ4v) is 2.59. The van der Waals surface area contributed by atoms with Crippen molar-refractivity contribution in [1.29, 1.82) is 0 Å². The van der Waals surface area contributed by atoms with Gasteiger partial charge in [-0.2, -0.15) is 0 Å². The highest BCUT2D eigenvalue weighted by Crippen LogP contribution is 2.28. The van der Waals surface area contributed by atoms with Crippen LogP contribution in [0.1, 0.15) is 12.8 Å².